The second-order valence-electron chi connectivity index (χ2n) is 8.61. The van der Waals surface area contributed by atoms with E-state index >= 15 is 0 Å². The van der Waals surface area contributed by atoms with Crippen molar-refractivity contribution in [1.29, 1.82) is 0 Å². The summed E-state index contributed by atoms with van der Waals surface area (Å²) in [7, 11) is 1.94. The zero-order valence-corrected chi connectivity index (χ0v) is 17.6. The molecule has 1 aliphatic carbocycles. The summed E-state index contributed by atoms with van der Waals surface area (Å²) in [4.78, 5) is 24.1. The average Bonchev–Trinajstić information content (AvgIpc) is 3.23. The van der Waals surface area contributed by atoms with Gasteiger partial charge in [-0.1, -0.05) is 6.42 Å². The van der Waals surface area contributed by atoms with Gasteiger partial charge in [-0.2, -0.15) is 0 Å². The van der Waals surface area contributed by atoms with E-state index in [2.05, 4.69) is 4.90 Å². The molecule has 6 heteroatoms. The molecule has 0 aromatic carbocycles. The van der Waals surface area contributed by atoms with Crippen molar-refractivity contribution in [3.05, 3.63) is 39.6 Å². The molecule has 0 bridgehead atoms. The molecule has 1 amide bonds. The summed E-state index contributed by atoms with van der Waals surface area (Å²) < 4.78 is 1.92. The van der Waals surface area contributed by atoms with Crippen molar-refractivity contribution >= 4 is 17.2 Å². The normalized spacial score (nSPS) is 22.0. The molecular weight excluding hydrogens is 368 g/mol. The van der Waals surface area contributed by atoms with Crippen LogP contribution in [0.25, 0.3) is 0 Å². The van der Waals surface area contributed by atoms with Gasteiger partial charge in [-0.25, -0.2) is 4.98 Å². The van der Waals surface area contributed by atoms with E-state index in [0.717, 1.165) is 44.1 Å². The standard InChI is InChI=1S/C22H30N4OS/c1-24-11-3-6-19(24)22(27)26-12-7-16(8-13-26)21-23-18-9-14-25(17-4-2-5-17)15-10-20(18)28-21/h3,6,11,16-17H,2,4-5,7-10,12-15H2,1H3. The van der Waals surface area contributed by atoms with E-state index in [1.807, 2.05) is 46.2 Å². The minimum Gasteiger partial charge on any atom is -0.347 e. The minimum absolute atomic E-state index is 0.164. The fourth-order valence-corrected chi connectivity index (χ4v) is 6.14. The van der Waals surface area contributed by atoms with Crippen LogP contribution in [-0.4, -0.2) is 57.5 Å². The number of carbonyl (C=O) groups is 1. The van der Waals surface area contributed by atoms with Crippen LogP contribution < -0.4 is 0 Å². The molecule has 0 spiro atoms. The Morgan fingerprint density at radius 2 is 1.89 bits per heavy atom. The molecule has 150 valence electrons. The monoisotopic (exact) mass is 398 g/mol. The van der Waals surface area contributed by atoms with Crippen molar-refractivity contribution in [2.45, 2.75) is 56.9 Å². The third-order valence-electron chi connectivity index (χ3n) is 6.94. The highest BCUT2D eigenvalue weighted by Crippen LogP contribution is 2.35. The molecule has 5 nitrogen and oxygen atoms in total. The summed E-state index contributed by atoms with van der Waals surface area (Å²) in [5, 5.41) is 1.33. The highest BCUT2D eigenvalue weighted by molar-refractivity contribution is 7.11. The molecule has 0 N–H and O–H groups in total. The predicted octanol–water partition coefficient (Wildman–Crippen LogP) is 3.45. The summed E-state index contributed by atoms with van der Waals surface area (Å²) in [6.45, 7) is 4.08. The molecule has 0 unspecified atom stereocenters. The molecule has 2 aromatic heterocycles. The van der Waals surface area contributed by atoms with Crippen LogP contribution in [0, 0.1) is 0 Å². The highest BCUT2D eigenvalue weighted by Gasteiger charge is 2.30. The number of rotatable bonds is 3. The van der Waals surface area contributed by atoms with E-state index in [0.29, 0.717) is 5.92 Å². The number of likely N-dealkylation sites (tertiary alicyclic amines) is 1. The van der Waals surface area contributed by atoms with Gasteiger partial charge in [0.15, 0.2) is 0 Å². The molecule has 2 aromatic rings. The highest BCUT2D eigenvalue weighted by atomic mass is 32.1. The number of amides is 1. The fraction of sp³-hybridized carbons (Fsp3) is 0.636. The molecule has 1 saturated carbocycles. The van der Waals surface area contributed by atoms with E-state index in [1.165, 1.54) is 54.4 Å². The molecule has 0 atom stereocenters. The van der Waals surface area contributed by atoms with Gasteiger partial charge < -0.3 is 9.47 Å². The largest absolute Gasteiger partial charge is 0.347 e. The lowest BCUT2D eigenvalue weighted by Gasteiger charge is -2.36. The lowest BCUT2D eigenvalue weighted by Crippen LogP contribution is -2.41. The number of piperidine rings is 1. The zero-order chi connectivity index (χ0) is 19.1. The predicted molar refractivity (Wildman–Crippen MR) is 112 cm³/mol. The quantitative estimate of drug-likeness (QED) is 0.795. The Hall–Kier alpha value is -1.66. The Labute approximate surface area is 171 Å². The maximum atomic E-state index is 12.7. The van der Waals surface area contributed by atoms with Crippen LogP contribution in [0.2, 0.25) is 0 Å². The van der Waals surface area contributed by atoms with Gasteiger partial charge in [0.2, 0.25) is 0 Å². The number of thiazole rings is 1. The average molecular weight is 399 g/mol. The number of aromatic nitrogens is 2. The first-order valence-electron chi connectivity index (χ1n) is 10.8. The van der Waals surface area contributed by atoms with Crippen LogP contribution in [0.4, 0.5) is 0 Å². The van der Waals surface area contributed by atoms with E-state index in [-0.39, 0.29) is 5.91 Å². The molecule has 5 rings (SSSR count). The number of hydrogen-bond donors (Lipinski definition) is 0. The molecule has 1 saturated heterocycles. The number of nitrogens with zero attached hydrogens (tertiary/aromatic N) is 4. The maximum Gasteiger partial charge on any atom is 0.270 e. The smallest absolute Gasteiger partial charge is 0.270 e. The van der Waals surface area contributed by atoms with Gasteiger partial charge in [0.05, 0.1) is 10.7 Å². The summed E-state index contributed by atoms with van der Waals surface area (Å²) in [5.41, 5.74) is 2.15. The van der Waals surface area contributed by atoms with Gasteiger partial charge >= 0.3 is 0 Å². The van der Waals surface area contributed by atoms with Crippen LogP contribution in [0.15, 0.2) is 18.3 Å². The molecule has 2 aliphatic heterocycles. The summed E-state index contributed by atoms with van der Waals surface area (Å²) >= 11 is 1.96. The van der Waals surface area contributed by atoms with Gasteiger partial charge in [0.25, 0.3) is 5.91 Å². The van der Waals surface area contributed by atoms with Crippen molar-refractivity contribution in [3.63, 3.8) is 0 Å². The zero-order valence-electron chi connectivity index (χ0n) is 16.8. The Morgan fingerprint density at radius 3 is 2.57 bits per heavy atom. The van der Waals surface area contributed by atoms with E-state index in [9.17, 15) is 4.79 Å². The van der Waals surface area contributed by atoms with Crippen LogP contribution in [0.1, 0.15) is 64.1 Å². The van der Waals surface area contributed by atoms with Crippen LogP contribution in [0.5, 0.6) is 0 Å². The molecule has 28 heavy (non-hydrogen) atoms. The lowest BCUT2D eigenvalue weighted by molar-refractivity contribution is 0.0703. The first kappa shape index (κ1) is 18.4. The van der Waals surface area contributed by atoms with Gasteiger partial charge in [0.1, 0.15) is 5.69 Å². The Balaban J connectivity index is 1.20. The summed E-state index contributed by atoms with van der Waals surface area (Å²) in [5.74, 6) is 0.689. The van der Waals surface area contributed by atoms with Crippen LogP contribution >= 0.6 is 11.3 Å². The van der Waals surface area contributed by atoms with Crippen molar-refractivity contribution in [1.82, 2.24) is 19.4 Å². The molecule has 3 aliphatic rings. The Kier molecular flexibility index (Phi) is 5.01. The van der Waals surface area contributed by atoms with Crippen LogP contribution in [0.3, 0.4) is 0 Å². The fourth-order valence-electron chi connectivity index (χ4n) is 4.87. The molecular formula is C22H30N4OS. The molecule has 0 radical (unpaired) electrons. The third-order valence-corrected chi connectivity index (χ3v) is 8.26. The van der Waals surface area contributed by atoms with Gasteiger partial charge in [-0.3, -0.25) is 9.69 Å². The second kappa shape index (κ2) is 7.64. The minimum atomic E-state index is 0.164. The molecule has 4 heterocycles. The van der Waals surface area contributed by atoms with Crippen molar-refractivity contribution in [2.24, 2.45) is 7.05 Å². The number of carbonyl (C=O) groups excluding carboxylic acids is 1. The van der Waals surface area contributed by atoms with Gasteiger partial charge in [0, 0.05) is 62.7 Å². The second-order valence-corrected chi connectivity index (χ2v) is 9.73. The van der Waals surface area contributed by atoms with E-state index < -0.39 is 0 Å². The van der Waals surface area contributed by atoms with E-state index in [4.69, 9.17) is 4.98 Å². The van der Waals surface area contributed by atoms with Gasteiger partial charge in [-0.05, 0) is 44.2 Å². The lowest BCUT2D eigenvalue weighted by atomic mass is 9.91. The van der Waals surface area contributed by atoms with E-state index in [1.54, 1.807) is 0 Å². The Bertz CT molecular complexity index is 819. The number of aryl methyl sites for hydroxylation is 1. The topological polar surface area (TPSA) is 41.4 Å². The van der Waals surface area contributed by atoms with Crippen molar-refractivity contribution < 1.29 is 4.79 Å². The maximum absolute atomic E-state index is 12.7. The first-order chi connectivity index (χ1) is 13.7. The third kappa shape index (κ3) is 3.41. The number of hydrogen-bond acceptors (Lipinski definition) is 4. The first-order valence-corrected chi connectivity index (χ1v) is 11.6. The molecule has 2 fully saturated rings. The van der Waals surface area contributed by atoms with Crippen LogP contribution in [-0.2, 0) is 19.9 Å². The number of fused-ring (bicyclic) bond motifs is 1. The SMILES string of the molecule is Cn1cccc1C(=O)N1CCC(c2nc3c(s2)CCN(C2CCC2)CC3)CC1. The van der Waals surface area contributed by atoms with Crippen molar-refractivity contribution in [2.75, 3.05) is 26.2 Å². The van der Waals surface area contributed by atoms with Gasteiger partial charge in [-0.15, -0.1) is 11.3 Å². The Morgan fingerprint density at radius 1 is 1.11 bits per heavy atom. The summed E-state index contributed by atoms with van der Waals surface area (Å²) in [6, 6.07) is 4.70. The summed E-state index contributed by atoms with van der Waals surface area (Å²) in [6.07, 6.45) is 10.5. The van der Waals surface area contributed by atoms with Crippen molar-refractivity contribution in [3.8, 4) is 0 Å².